The summed E-state index contributed by atoms with van der Waals surface area (Å²) in [6.07, 6.45) is 2.43. The second-order valence-corrected chi connectivity index (χ2v) is 4.77. The summed E-state index contributed by atoms with van der Waals surface area (Å²) in [6.45, 7) is 4.53. The van der Waals surface area contributed by atoms with Crippen LogP contribution in [0.3, 0.4) is 0 Å². The van der Waals surface area contributed by atoms with Crippen molar-refractivity contribution in [3.05, 3.63) is 72.6 Å². The highest BCUT2D eigenvalue weighted by Crippen LogP contribution is 2.12. The topological polar surface area (TPSA) is 29.1 Å². The SMILES string of the molecule is [CH2]CC(=O)c1cccc(NCCCc2ccccc2)c1. The Morgan fingerprint density at radius 3 is 2.60 bits per heavy atom. The molecule has 0 saturated heterocycles. The van der Waals surface area contributed by atoms with E-state index in [4.69, 9.17) is 0 Å². The third kappa shape index (κ3) is 4.23. The smallest absolute Gasteiger partial charge is 0.162 e. The Morgan fingerprint density at radius 2 is 1.85 bits per heavy atom. The molecule has 0 heterocycles. The van der Waals surface area contributed by atoms with Gasteiger partial charge in [0.05, 0.1) is 0 Å². The molecule has 0 amide bonds. The van der Waals surface area contributed by atoms with Gasteiger partial charge in [-0.1, -0.05) is 42.5 Å². The fourth-order valence-electron chi connectivity index (χ4n) is 2.12. The number of Topliss-reactive ketones (excluding diaryl/α,β-unsaturated/α-hetero) is 1. The molecule has 0 saturated carbocycles. The number of anilines is 1. The second-order valence-electron chi connectivity index (χ2n) is 4.77. The van der Waals surface area contributed by atoms with Crippen LogP contribution in [0, 0.1) is 6.92 Å². The van der Waals surface area contributed by atoms with Gasteiger partial charge in [0.2, 0.25) is 0 Å². The molecule has 0 spiro atoms. The number of hydrogen-bond acceptors (Lipinski definition) is 2. The Kier molecular flexibility index (Phi) is 5.36. The quantitative estimate of drug-likeness (QED) is 0.603. The maximum atomic E-state index is 11.6. The summed E-state index contributed by atoms with van der Waals surface area (Å²) >= 11 is 0. The van der Waals surface area contributed by atoms with Crippen LogP contribution >= 0.6 is 0 Å². The average Bonchev–Trinajstić information content (AvgIpc) is 2.52. The van der Waals surface area contributed by atoms with Gasteiger partial charge in [-0.15, -0.1) is 0 Å². The largest absolute Gasteiger partial charge is 0.385 e. The molecule has 0 fully saturated rings. The van der Waals surface area contributed by atoms with Crippen molar-refractivity contribution < 1.29 is 4.79 Å². The van der Waals surface area contributed by atoms with Crippen LogP contribution in [0.25, 0.3) is 0 Å². The lowest BCUT2D eigenvalue weighted by Crippen LogP contribution is -2.04. The summed E-state index contributed by atoms with van der Waals surface area (Å²) < 4.78 is 0. The van der Waals surface area contributed by atoms with Gasteiger partial charge in [-0.05, 0) is 37.5 Å². The maximum absolute atomic E-state index is 11.6. The van der Waals surface area contributed by atoms with Crippen molar-refractivity contribution in [3.63, 3.8) is 0 Å². The zero-order valence-corrected chi connectivity index (χ0v) is 11.6. The molecule has 0 aromatic heterocycles. The Morgan fingerprint density at radius 1 is 1.05 bits per heavy atom. The Balaban J connectivity index is 1.81. The number of hydrogen-bond donors (Lipinski definition) is 1. The van der Waals surface area contributed by atoms with Crippen molar-refractivity contribution in [2.45, 2.75) is 19.3 Å². The molecule has 1 N–H and O–H groups in total. The first kappa shape index (κ1) is 14.3. The van der Waals surface area contributed by atoms with Crippen LogP contribution in [0.2, 0.25) is 0 Å². The Labute approximate surface area is 120 Å². The van der Waals surface area contributed by atoms with E-state index in [9.17, 15) is 4.79 Å². The first-order valence-electron chi connectivity index (χ1n) is 7.00. The number of ketones is 1. The highest BCUT2D eigenvalue weighted by Gasteiger charge is 2.03. The van der Waals surface area contributed by atoms with Crippen molar-refractivity contribution in [2.75, 3.05) is 11.9 Å². The van der Waals surface area contributed by atoms with Gasteiger partial charge in [0.1, 0.15) is 0 Å². The van der Waals surface area contributed by atoms with Gasteiger partial charge in [-0.25, -0.2) is 0 Å². The first-order chi connectivity index (χ1) is 9.79. The summed E-state index contributed by atoms with van der Waals surface area (Å²) in [4.78, 5) is 11.6. The normalized spacial score (nSPS) is 10.2. The molecule has 0 unspecified atom stereocenters. The molecule has 2 aromatic carbocycles. The summed E-state index contributed by atoms with van der Waals surface area (Å²) in [5.41, 5.74) is 3.08. The molecular formula is C18H20NO. The van der Waals surface area contributed by atoms with Gasteiger partial charge >= 0.3 is 0 Å². The van der Waals surface area contributed by atoms with Crippen molar-refractivity contribution in [3.8, 4) is 0 Å². The van der Waals surface area contributed by atoms with Crippen LogP contribution in [-0.2, 0) is 6.42 Å². The number of carbonyl (C=O) groups is 1. The minimum absolute atomic E-state index is 0.0814. The van der Waals surface area contributed by atoms with E-state index in [-0.39, 0.29) is 5.78 Å². The van der Waals surface area contributed by atoms with Crippen molar-refractivity contribution >= 4 is 11.5 Å². The zero-order chi connectivity index (χ0) is 14.2. The van der Waals surface area contributed by atoms with Crippen molar-refractivity contribution in [1.29, 1.82) is 0 Å². The number of nitrogens with one attached hydrogen (secondary N) is 1. The molecule has 0 atom stereocenters. The van der Waals surface area contributed by atoms with Crippen molar-refractivity contribution in [1.82, 2.24) is 0 Å². The number of rotatable bonds is 7. The monoisotopic (exact) mass is 266 g/mol. The number of aryl methyl sites for hydroxylation is 1. The maximum Gasteiger partial charge on any atom is 0.162 e. The summed E-state index contributed by atoms with van der Waals surface area (Å²) in [5.74, 6) is 0.0814. The lowest BCUT2D eigenvalue weighted by molar-refractivity contribution is 0.0995. The van der Waals surface area contributed by atoms with Crippen LogP contribution in [0.5, 0.6) is 0 Å². The molecule has 103 valence electrons. The van der Waals surface area contributed by atoms with E-state index in [0.717, 1.165) is 30.6 Å². The van der Waals surface area contributed by atoms with E-state index in [0.29, 0.717) is 6.42 Å². The van der Waals surface area contributed by atoms with Gasteiger partial charge in [0, 0.05) is 24.2 Å². The van der Waals surface area contributed by atoms with Crippen molar-refractivity contribution in [2.24, 2.45) is 0 Å². The van der Waals surface area contributed by atoms with E-state index < -0.39 is 0 Å². The molecule has 0 aliphatic rings. The van der Waals surface area contributed by atoms with E-state index in [2.05, 4.69) is 36.5 Å². The molecule has 2 rings (SSSR count). The number of benzene rings is 2. The van der Waals surface area contributed by atoms with Gasteiger partial charge < -0.3 is 5.32 Å². The minimum atomic E-state index is 0.0814. The van der Waals surface area contributed by atoms with Crippen LogP contribution in [-0.4, -0.2) is 12.3 Å². The standard InChI is InChI=1S/C18H20NO/c1-2-18(20)16-11-6-12-17(14-16)19-13-7-10-15-8-4-3-5-9-15/h3-6,8-9,11-12,14,19H,1-2,7,10,13H2. The first-order valence-corrected chi connectivity index (χ1v) is 7.00. The number of carbonyl (C=O) groups excluding carboxylic acids is 1. The third-order valence-corrected chi connectivity index (χ3v) is 3.23. The molecule has 0 bridgehead atoms. The Hall–Kier alpha value is -2.09. The fraction of sp³-hybridized carbons (Fsp3) is 0.222. The van der Waals surface area contributed by atoms with Gasteiger partial charge in [-0.3, -0.25) is 4.79 Å². The predicted octanol–water partition coefficient (Wildman–Crippen LogP) is 4.14. The molecule has 20 heavy (non-hydrogen) atoms. The summed E-state index contributed by atoms with van der Waals surface area (Å²) in [5, 5.41) is 3.36. The molecule has 1 radical (unpaired) electrons. The van der Waals surface area contributed by atoms with E-state index in [1.54, 1.807) is 0 Å². The zero-order valence-electron chi connectivity index (χ0n) is 11.6. The van der Waals surface area contributed by atoms with E-state index in [1.165, 1.54) is 5.56 Å². The molecule has 2 nitrogen and oxygen atoms in total. The van der Waals surface area contributed by atoms with Crippen LogP contribution in [0.1, 0.15) is 28.8 Å². The highest BCUT2D eigenvalue weighted by atomic mass is 16.1. The van der Waals surface area contributed by atoms with Gasteiger partial charge in [0.25, 0.3) is 0 Å². The van der Waals surface area contributed by atoms with Crippen LogP contribution in [0.15, 0.2) is 54.6 Å². The van der Waals surface area contributed by atoms with E-state index in [1.807, 2.05) is 30.3 Å². The average molecular weight is 266 g/mol. The lowest BCUT2D eigenvalue weighted by atomic mass is 10.1. The molecular weight excluding hydrogens is 246 g/mol. The van der Waals surface area contributed by atoms with Crippen LogP contribution < -0.4 is 5.32 Å². The molecule has 0 aliphatic carbocycles. The predicted molar refractivity (Wildman–Crippen MR) is 84.0 cm³/mol. The highest BCUT2D eigenvalue weighted by molar-refractivity contribution is 5.97. The second kappa shape index (κ2) is 7.49. The van der Waals surface area contributed by atoms with E-state index >= 15 is 0 Å². The molecule has 2 aromatic rings. The van der Waals surface area contributed by atoms with Gasteiger partial charge in [-0.2, -0.15) is 0 Å². The fourth-order valence-corrected chi connectivity index (χ4v) is 2.12. The third-order valence-electron chi connectivity index (χ3n) is 3.23. The minimum Gasteiger partial charge on any atom is -0.385 e. The molecule has 0 aliphatic heterocycles. The lowest BCUT2D eigenvalue weighted by Gasteiger charge is -2.08. The Bertz CT molecular complexity index is 548. The van der Waals surface area contributed by atoms with Crippen LogP contribution in [0.4, 0.5) is 5.69 Å². The summed E-state index contributed by atoms with van der Waals surface area (Å²) in [6, 6.07) is 18.1. The van der Waals surface area contributed by atoms with Gasteiger partial charge in [0.15, 0.2) is 5.78 Å². The molecule has 2 heteroatoms. The summed E-state index contributed by atoms with van der Waals surface area (Å²) in [7, 11) is 0.